The third kappa shape index (κ3) is 2.79. The van der Waals surface area contributed by atoms with Crippen LogP contribution in [0.25, 0.3) is 10.9 Å². The van der Waals surface area contributed by atoms with Gasteiger partial charge >= 0.3 is 0 Å². The van der Waals surface area contributed by atoms with Crippen LogP contribution in [0.5, 0.6) is 0 Å². The highest BCUT2D eigenvalue weighted by atomic mass is 79.9. The summed E-state index contributed by atoms with van der Waals surface area (Å²) in [6, 6.07) is 12.7. The molecule has 1 heterocycles. The zero-order chi connectivity index (χ0) is 15.0. The van der Waals surface area contributed by atoms with Crippen molar-refractivity contribution in [2.45, 2.75) is 6.10 Å². The maximum Gasteiger partial charge on any atom is 0.106 e. The van der Waals surface area contributed by atoms with E-state index < -0.39 is 6.10 Å². The van der Waals surface area contributed by atoms with E-state index >= 15 is 0 Å². The van der Waals surface area contributed by atoms with Gasteiger partial charge in [0, 0.05) is 21.6 Å². The van der Waals surface area contributed by atoms with E-state index in [1.165, 1.54) is 0 Å². The molecule has 0 saturated carbocycles. The number of rotatable bonds is 2. The highest BCUT2D eigenvalue weighted by Crippen LogP contribution is 2.33. The van der Waals surface area contributed by atoms with Gasteiger partial charge < -0.3 is 5.11 Å². The third-order valence-corrected chi connectivity index (χ3v) is 4.73. The molecule has 106 valence electrons. The molecule has 2 nitrogen and oxygen atoms in total. The Hall–Kier alpha value is -1.13. The van der Waals surface area contributed by atoms with E-state index in [2.05, 4.69) is 20.9 Å². The summed E-state index contributed by atoms with van der Waals surface area (Å²) in [5.74, 6) is 0. The standard InChI is InChI=1S/C16H10BrCl2NO/c17-12-5-4-11(15-10(12)2-1-7-20-15)16(21)9-3-6-13(18)14(19)8-9/h1-8,16,21H. The van der Waals surface area contributed by atoms with Gasteiger partial charge in [-0.15, -0.1) is 0 Å². The number of benzene rings is 2. The van der Waals surface area contributed by atoms with E-state index in [0.717, 1.165) is 20.9 Å². The Labute approximate surface area is 140 Å². The average molecular weight is 383 g/mol. The van der Waals surface area contributed by atoms with Gasteiger partial charge in [0.05, 0.1) is 15.6 Å². The van der Waals surface area contributed by atoms with Crippen molar-refractivity contribution in [2.75, 3.05) is 0 Å². The first kappa shape index (κ1) is 14.8. The maximum absolute atomic E-state index is 10.6. The summed E-state index contributed by atoms with van der Waals surface area (Å²) >= 11 is 15.4. The smallest absolute Gasteiger partial charge is 0.106 e. The van der Waals surface area contributed by atoms with Gasteiger partial charge in [-0.2, -0.15) is 0 Å². The predicted molar refractivity (Wildman–Crippen MR) is 90.0 cm³/mol. The summed E-state index contributed by atoms with van der Waals surface area (Å²) in [4.78, 5) is 4.38. The second kappa shape index (κ2) is 5.93. The van der Waals surface area contributed by atoms with Crippen LogP contribution in [0.15, 0.2) is 53.1 Å². The Morgan fingerprint density at radius 1 is 1.05 bits per heavy atom. The quantitative estimate of drug-likeness (QED) is 0.644. The predicted octanol–water partition coefficient (Wildman–Crippen LogP) is 5.39. The number of aliphatic hydroxyl groups excluding tert-OH is 1. The van der Waals surface area contributed by atoms with Crippen LogP contribution < -0.4 is 0 Å². The highest BCUT2D eigenvalue weighted by molar-refractivity contribution is 9.10. The summed E-state index contributed by atoms with van der Waals surface area (Å²) in [5.41, 5.74) is 2.16. The molecular weight excluding hydrogens is 373 g/mol. The number of aliphatic hydroxyl groups is 1. The number of fused-ring (bicyclic) bond motifs is 1. The van der Waals surface area contributed by atoms with Gasteiger partial charge in [0.25, 0.3) is 0 Å². The van der Waals surface area contributed by atoms with Gasteiger partial charge in [-0.25, -0.2) is 0 Å². The van der Waals surface area contributed by atoms with Gasteiger partial charge in [0.1, 0.15) is 6.10 Å². The van der Waals surface area contributed by atoms with E-state index in [9.17, 15) is 5.11 Å². The van der Waals surface area contributed by atoms with Gasteiger partial charge in [0.15, 0.2) is 0 Å². The molecule has 1 aromatic heterocycles. The molecule has 1 N–H and O–H groups in total. The molecule has 1 unspecified atom stereocenters. The van der Waals surface area contributed by atoms with Crippen molar-refractivity contribution in [3.05, 3.63) is 74.3 Å². The van der Waals surface area contributed by atoms with E-state index in [1.54, 1.807) is 24.4 Å². The van der Waals surface area contributed by atoms with Crippen molar-refractivity contribution in [3.8, 4) is 0 Å². The molecule has 0 bridgehead atoms. The Morgan fingerprint density at radius 3 is 2.62 bits per heavy atom. The molecule has 2 aromatic carbocycles. The number of pyridine rings is 1. The van der Waals surface area contributed by atoms with E-state index in [1.807, 2.05) is 24.3 Å². The van der Waals surface area contributed by atoms with E-state index in [4.69, 9.17) is 23.2 Å². The second-order valence-electron chi connectivity index (χ2n) is 4.61. The molecule has 3 rings (SSSR count). The molecule has 0 aliphatic heterocycles. The number of hydrogen-bond acceptors (Lipinski definition) is 2. The minimum atomic E-state index is -0.815. The topological polar surface area (TPSA) is 33.1 Å². The van der Waals surface area contributed by atoms with Gasteiger partial charge in [-0.3, -0.25) is 4.98 Å². The number of halogens is 3. The Kier molecular flexibility index (Phi) is 4.18. The monoisotopic (exact) mass is 381 g/mol. The molecule has 0 saturated heterocycles. The molecule has 0 spiro atoms. The molecule has 3 aromatic rings. The molecule has 0 amide bonds. The van der Waals surface area contributed by atoms with E-state index in [-0.39, 0.29) is 0 Å². The van der Waals surface area contributed by atoms with Crippen LogP contribution in [0, 0.1) is 0 Å². The molecule has 0 aliphatic rings. The van der Waals surface area contributed by atoms with Gasteiger partial charge in [0.2, 0.25) is 0 Å². The minimum absolute atomic E-state index is 0.419. The molecule has 1 atom stereocenters. The Bertz CT molecular complexity index is 822. The largest absolute Gasteiger partial charge is 0.384 e. The van der Waals surface area contributed by atoms with Crippen LogP contribution in [0.2, 0.25) is 10.0 Å². The fraction of sp³-hybridized carbons (Fsp3) is 0.0625. The summed E-state index contributed by atoms with van der Waals surface area (Å²) < 4.78 is 0.940. The number of aromatic nitrogens is 1. The minimum Gasteiger partial charge on any atom is -0.384 e. The van der Waals surface area contributed by atoms with Crippen molar-refractivity contribution in [1.82, 2.24) is 4.98 Å². The zero-order valence-corrected chi connectivity index (χ0v) is 13.8. The molecule has 5 heteroatoms. The lowest BCUT2D eigenvalue weighted by Gasteiger charge is -2.15. The van der Waals surface area contributed by atoms with E-state index in [0.29, 0.717) is 15.6 Å². The van der Waals surface area contributed by atoms with Crippen LogP contribution >= 0.6 is 39.1 Å². The summed E-state index contributed by atoms with van der Waals surface area (Å²) in [6.07, 6.45) is 0.894. The van der Waals surface area contributed by atoms with Crippen LogP contribution in [0.3, 0.4) is 0 Å². The zero-order valence-electron chi connectivity index (χ0n) is 10.7. The maximum atomic E-state index is 10.6. The molecule has 0 aliphatic carbocycles. The first-order chi connectivity index (χ1) is 10.1. The van der Waals surface area contributed by atoms with Gasteiger partial charge in [-0.1, -0.05) is 57.3 Å². The first-order valence-electron chi connectivity index (χ1n) is 6.24. The van der Waals surface area contributed by atoms with Crippen molar-refractivity contribution < 1.29 is 5.11 Å². The normalized spacial score (nSPS) is 12.6. The van der Waals surface area contributed by atoms with Crippen molar-refractivity contribution in [2.24, 2.45) is 0 Å². The number of nitrogens with zero attached hydrogens (tertiary/aromatic N) is 1. The number of hydrogen-bond donors (Lipinski definition) is 1. The van der Waals surface area contributed by atoms with Crippen molar-refractivity contribution >= 4 is 50.0 Å². The molecular formula is C16H10BrCl2NO. The molecule has 0 radical (unpaired) electrons. The van der Waals surface area contributed by atoms with Crippen LogP contribution in [-0.4, -0.2) is 10.1 Å². The molecule has 21 heavy (non-hydrogen) atoms. The lowest BCUT2D eigenvalue weighted by atomic mass is 9.99. The van der Waals surface area contributed by atoms with Crippen LogP contribution in [0.1, 0.15) is 17.2 Å². The lowest BCUT2D eigenvalue weighted by Crippen LogP contribution is -2.01. The second-order valence-corrected chi connectivity index (χ2v) is 6.28. The SMILES string of the molecule is OC(c1ccc(Cl)c(Cl)c1)c1ccc(Br)c2cccnc12. The Morgan fingerprint density at radius 2 is 1.86 bits per heavy atom. The third-order valence-electron chi connectivity index (χ3n) is 3.30. The molecule has 0 fully saturated rings. The highest BCUT2D eigenvalue weighted by Gasteiger charge is 2.16. The first-order valence-corrected chi connectivity index (χ1v) is 7.79. The fourth-order valence-corrected chi connectivity index (χ4v) is 3.00. The van der Waals surface area contributed by atoms with Crippen LogP contribution in [-0.2, 0) is 0 Å². The fourth-order valence-electron chi connectivity index (χ4n) is 2.24. The summed E-state index contributed by atoms with van der Waals surface area (Å²) in [7, 11) is 0. The van der Waals surface area contributed by atoms with Crippen molar-refractivity contribution in [3.63, 3.8) is 0 Å². The van der Waals surface area contributed by atoms with Gasteiger partial charge in [-0.05, 0) is 29.8 Å². The summed E-state index contributed by atoms with van der Waals surface area (Å²) in [6.45, 7) is 0. The van der Waals surface area contributed by atoms with Crippen molar-refractivity contribution in [1.29, 1.82) is 0 Å². The lowest BCUT2D eigenvalue weighted by molar-refractivity contribution is 0.221. The average Bonchev–Trinajstić information content (AvgIpc) is 2.50. The Balaban J connectivity index is 2.15. The van der Waals surface area contributed by atoms with Crippen LogP contribution in [0.4, 0.5) is 0 Å². The summed E-state index contributed by atoms with van der Waals surface area (Å²) in [5, 5.41) is 12.5.